The van der Waals surface area contributed by atoms with Crippen LogP contribution < -0.4 is 4.90 Å². The van der Waals surface area contributed by atoms with Crippen LogP contribution in [-0.2, 0) is 0 Å². The molecule has 0 N–H and O–H groups in total. The lowest BCUT2D eigenvalue weighted by Gasteiger charge is -2.29. The maximum Gasteiger partial charge on any atom is 0.143 e. The quantitative estimate of drug-likeness (QED) is 0.142. The largest absolute Gasteiger partial charge is 0.455 e. The summed E-state index contributed by atoms with van der Waals surface area (Å²) < 4.78 is 9.07. The van der Waals surface area contributed by atoms with Gasteiger partial charge in [-0.1, -0.05) is 206 Å². The van der Waals surface area contributed by atoms with E-state index in [1.165, 1.54) is 60.0 Å². The standard InChI is InChI=1S/C68H44N2O/c1-2-18-45(19-3-1)47-38-41-53(66(44-47)70-64-33-13-8-26-57(64)58-27-9-14-34-65(58)70)46-36-39-50(40-37-46)69(51-22-16-21-48(42-51)54-30-17-31-61-60-29-11-15-35-67(60)71-68(54)61)63-32-12-10-28-59(63)62-43-49-20-4-5-23-52(49)55-24-6-7-25-56(55)62/h1-44H. The van der Waals surface area contributed by atoms with Crippen LogP contribution in [0.15, 0.2) is 271 Å². The zero-order valence-corrected chi connectivity index (χ0v) is 38.7. The number of benzene rings is 12. The molecule has 3 nitrogen and oxygen atoms in total. The number of anilines is 3. The van der Waals surface area contributed by atoms with E-state index in [9.17, 15) is 0 Å². The number of furan rings is 1. The highest BCUT2D eigenvalue weighted by atomic mass is 16.3. The molecule has 0 fully saturated rings. The zero-order chi connectivity index (χ0) is 46.8. The minimum Gasteiger partial charge on any atom is -0.455 e. The molecular weight excluding hydrogens is 861 g/mol. The summed E-state index contributed by atoms with van der Waals surface area (Å²) in [7, 11) is 0. The van der Waals surface area contributed by atoms with Crippen LogP contribution in [-0.4, -0.2) is 4.57 Å². The summed E-state index contributed by atoms with van der Waals surface area (Å²) in [5, 5.41) is 9.63. The molecule has 2 heterocycles. The highest BCUT2D eigenvalue weighted by molar-refractivity contribution is 6.15. The third-order valence-corrected chi connectivity index (χ3v) is 14.4. The van der Waals surface area contributed by atoms with E-state index in [4.69, 9.17) is 4.42 Å². The van der Waals surface area contributed by atoms with Crippen molar-refractivity contribution in [3.63, 3.8) is 0 Å². The van der Waals surface area contributed by atoms with E-state index in [1.807, 2.05) is 6.07 Å². The molecule has 0 amide bonds. The Balaban J connectivity index is 0.973. The number of rotatable bonds is 8. The van der Waals surface area contributed by atoms with Gasteiger partial charge < -0.3 is 13.9 Å². The topological polar surface area (TPSA) is 21.3 Å². The molecule has 332 valence electrons. The van der Waals surface area contributed by atoms with Gasteiger partial charge in [0.15, 0.2) is 0 Å². The first-order valence-corrected chi connectivity index (χ1v) is 24.3. The van der Waals surface area contributed by atoms with Crippen molar-refractivity contribution in [2.75, 3.05) is 4.90 Å². The molecular formula is C68H44N2O. The Morgan fingerprint density at radius 2 is 0.887 bits per heavy atom. The zero-order valence-electron chi connectivity index (χ0n) is 38.7. The predicted octanol–water partition coefficient (Wildman–Crippen LogP) is 19.1. The summed E-state index contributed by atoms with van der Waals surface area (Å²) in [5.41, 5.74) is 17.5. The van der Waals surface area contributed by atoms with Crippen LogP contribution in [0.1, 0.15) is 0 Å². The molecule has 0 saturated carbocycles. The molecule has 0 atom stereocenters. The number of hydrogen-bond donors (Lipinski definition) is 0. The van der Waals surface area contributed by atoms with Gasteiger partial charge in [-0.15, -0.1) is 0 Å². The maximum atomic E-state index is 6.62. The van der Waals surface area contributed by atoms with Gasteiger partial charge in [-0.2, -0.15) is 0 Å². The van der Waals surface area contributed by atoms with Crippen molar-refractivity contribution in [3.8, 4) is 50.2 Å². The second-order valence-electron chi connectivity index (χ2n) is 18.4. The predicted molar refractivity (Wildman–Crippen MR) is 299 cm³/mol. The smallest absolute Gasteiger partial charge is 0.143 e. The van der Waals surface area contributed by atoms with E-state index in [1.54, 1.807) is 0 Å². The summed E-state index contributed by atoms with van der Waals surface area (Å²) in [4.78, 5) is 2.43. The molecule has 0 radical (unpaired) electrons. The molecule has 12 aromatic carbocycles. The Bertz CT molecular complexity index is 4300. The van der Waals surface area contributed by atoms with E-state index >= 15 is 0 Å². The van der Waals surface area contributed by atoms with Crippen LogP contribution in [0.25, 0.3) is 115 Å². The lowest BCUT2D eigenvalue weighted by Crippen LogP contribution is -2.11. The van der Waals surface area contributed by atoms with Crippen molar-refractivity contribution >= 4 is 82.4 Å². The first-order valence-electron chi connectivity index (χ1n) is 24.3. The summed E-state index contributed by atoms with van der Waals surface area (Å²) in [5.74, 6) is 0. The van der Waals surface area contributed by atoms with Crippen molar-refractivity contribution in [3.05, 3.63) is 267 Å². The minimum atomic E-state index is 0.889. The molecule has 3 heteroatoms. The molecule has 0 spiro atoms. The van der Waals surface area contributed by atoms with E-state index in [2.05, 4.69) is 270 Å². The van der Waals surface area contributed by atoms with Gasteiger partial charge in [-0.3, -0.25) is 0 Å². The summed E-state index contributed by atoms with van der Waals surface area (Å²) in [6.07, 6.45) is 0. The van der Waals surface area contributed by atoms with Crippen molar-refractivity contribution in [2.24, 2.45) is 0 Å². The van der Waals surface area contributed by atoms with Gasteiger partial charge in [0.25, 0.3) is 0 Å². The number of fused-ring (bicyclic) bond motifs is 9. The summed E-state index contributed by atoms with van der Waals surface area (Å²) in [6.45, 7) is 0. The van der Waals surface area contributed by atoms with Gasteiger partial charge in [0, 0.05) is 49.6 Å². The molecule has 0 bridgehead atoms. The van der Waals surface area contributed by atoms with Crippen LogP contribution in [0.4, 0.5) is 17.1 Å². The Hall–Kier alpha value is -9.44. The van der Waals surface area contributed by atoms with E-state index < -0.39 is 0 Å². The number of aromatic nitrogens is 1. The lowest BCUT2D eigenvalue weighted by molar-refractivity contribution is 0.670. The van der Waals surface area contributed by atoms with Gasteiger partial charge in [0.2, 0.25) is 0 Å². The van der Waals surface area contributed by atoms with Crippen molar-refractivity contribution in [2.45, 2.75) is 0 Å². The summed E-state index contributed by atoms with van der Waals surface area (Å²) in [6, 6.07) is 96.8. The van der Waals surface area contributed by atoms with Crippen LogP contribution in [0.5, 0.6) is 0 Å². The van der Waals surface area contributed by atoms with Crippen LogP contribution >= 0.6 is 0 Å². The van der Waals surface area contributed by atoms with Gasteiger partial charge >= 0.3 is 0 Å². The normalized spacial score (nSPS) is 11.7. The van der Waals surface area contributed by atoms with Crippen molar-refractivity contribution in [1.29, 1.82) is 0 Å². The van der Waals surface area contributed by atoms with E-state index in [0.717, 1.165) is 72.5 Å². The highest BCUT2D eigenvalue weighted by Gasteiger charge is 2.22. The molecule has 0 aliphatic heterocycles. The molecule has 0 saturated heterocycles. The monoisotopic (exact) mass is 904 g/mol. The van der Waals surface area contributed by atoms with Crippen LogP contribution in [0.3, 0.4) is 0 Å². The number of para-hydroxylation sites is 5. The van der Waals surface area contributed by atoms with Gasteiger partial charge in [-0.05, 0) is 110 Å². The average molecular weight is 905 g/mol. The molecule has 0 aliphatic carbocycles. The first-order chi connectivity index (χ1) is 35.2. The Morgan fingerprint density at radius 1 is 0.296 bits per heavy atom. The lowest BCUT2D eigenvalue weighted by atomic mass is 9.92. The Kier molecular flexibility index (Phi) is 9.53. The second kappa shape index (κ2) is 16.7. The van der Waals surface area contributed by atoms with Crippen molar-refractivity contribution in [1.82, 2.24) is 4.57 Å². The second-order valence-corrected chi connectivity index (χ2v) is 18.4. The third-order valence-electron chi connectivity index (χ3n) is 14.4. The molecule has 14 rings (SSSR count). The molecule has 71 heavy (non-hydrogen) atoms. The highest BCUT2D eigenvalue weighted by Crippen LogP contribution is 2.47. The van der Waals surface area contributed by atoms with Crippen molar-refractivity contribution < 1.29 is 4.42 Å². The number of hydrogen-bond acceptors (Lipinski definition) is 2. The SMILES string of the molecule is c1ccc(-c2ccc(-c3ccc(N(c4cccc(-c5cccc6c5oc5ccccc56)c4)c4ccccc4-c4cc5ccccc5c5ccccc45)cc3)c(-n3c4ccccc4c4ccccc43)c2)cc1. The Labute approximate surface area is 411 Å². The van der Waals surface area contributed by atoms with Gasteiger partial charge in [0.1, 0.15) is 11.2 Å². The molecule has 0 unspecified atom stereocenters. The Morgan fingerprint density at radius 3 is 1.69 bits per heavy atom. The van der Waals surface area contributed by atoms with E-state index in [0.29, 0.717) is 0 Å². The van der Waals surface area contributed by atoms with Crippen LogP contribution in [0, 0.1) is 0 Å². The third kappa shape index (κ3) is 6.74. The van der Waals surface area contributed by atoms with Crippen LogP contribution in [0.2, 0.25) is 0 Å². The fourth-order valence-corrected chi connectivity index (χ4v) is 11.1. The molecule has 2 aromatic heterocycles. The van der Waals surface area contributed by atoms with Gasteiger partial charge in [0.05, 0.1) is 22.4 Å². The first kappa shape index (κ1) is 40.6. The fourth-order valence-electron chi connectivity index (χ4n) is 11.1. The minimum absolute atomic E-state index is 0.889. The van der Waals surface area contributed by atoms with E-state index in [-0.39, 0.29) is 0 Å². The summed E-state index contributed by atoms with van der Waals surface area (Å²) >= 11 is 0. The molecule has 0 aliphatic rings. The number of nitrogens with zero attached hydrogens (tertiary/aromatic N) is 2. The fraction of sp³-hybridized carbons (Fsp3) is 0. The van der Waals surface area contributed by atoms with Gasteiger partial charge in [-0.25, -0.2) is 0 Å². The maximum absolute atomic E-state index is 6.62. The average Bonchev–Trinajstić information content (AvgIpc) is 4.00. The molecule has 14 aromatic rings.